The molecule has 1 rings (SSSR count). The quantitative estimate of drug-likeness (QED) is 0.864. The number of ether oxygens (including phenoxy) is 1. The van der Waals surface area contributed by atoms with Crippen LogP contribution in [0.4, 0.5) is 13.2 Å². The number of hydrogen-bond acceptors (Lipinski definition) is 2. The molecule has 18 heavy (non-hydrogen) atoms. The van der Waals surface area contributed by atoms with Crippen LogP contribution in [0.5, 0.6) is 0 Å². The lowest BCUT2D eigenvalue weighted by molar-refractivity contribution is -0.174. The molecule has 102 valence electrons. The van der Waals surface area contributed by atoms with Crippen molar-refractivity contribution in [2.75, 3.05) is 26.8 Å². The molecule has 1 aromatic carbocycles. The second-order valence-electron chi connectivity index (χ2n) is 3.94. The number of nitrogens with one attached hydrogen (secondary N) is 1. The Kier molecular flexibility index (Phi) is 5.91. The minimum Gasteiger partial charge on any atom is -0.371 e. The Labute approximate surface area is 109 Å². The molecule has 0 saturated carbocycles. The second-order valence-corrected chi connectivity index (χ2v) is 4.37. The summed E-state index contributed by atoms with van der Waals surface area (Å²) in [5, 5.41) is 3.53. The molecule has 1 N–H and O–H groups in total. The Morgan fingerprint density at radius 2 is 1.89 bits per heavy atom. The molecule has 0 aromatic heterocycles. The molecule has 0 aliphatic rings. The summed E-state index contributed by atoms with van der Waals surface area (Å²) >= 11 is 5.76. The summed E-state index contributed by atoms with van der Waals surface area (Å²) in [5.74, 6) is -0.130. The lowest BCUT2D eigenvalue weighted by atomic mass is 10.0. The maximum absolute atomic E-state index is 12.0. The lowest BCUT2D eigenvalue weighted by Gasteiger charge is -2.18. The molecule has 1 aromatic rings. The minimum absolute atomic E-state index is 0.0159. The first-order chi connectivity index (χ1) is 8.42. The second kappa shape index (κ2) is 6.97. The van der Waals surface area contributed by atoms with Crippen molar-refractivity contribution < 1.29 is 17.9 Å². The number of halogens is 4. The summed E-state index contributed by atoms with van der Waals surface area (Å²) in [6.45, 7) is -0.664. The predicted molar refractivity (Wildman–Crippen MR) is 65.0 cm³/mol. The molecule has 0 radical (unpaired) electrons. The molecule has 0 heterocycles. The van der Waals surface area contributed by atoms with E-state index >= 15 is 0 Å². The third-order valence-corrected chi connectivity index (χ3v) is 2.63. The van der Waals surface area contributed by atoms with Crippen molar-refractivity contribution in [1.82, 2.24) is 5.32 Å². The maximum Gasteiger partial charge on any atom is 0.411 e. The topological polar surface area (TPSA) is 21.3 Å². The van der Waals surface area contributed by atoms with E-state index < -0.39 is 12.8 Å². The first kappa shape index (κ1) is 15.3. The summed E-state index contributed by atoms with van der Waals surface area (Å²) < 4.78 is 40.7. The van der Waals surface area contributed by atoms with Crippen molar-refractivity contribution in [2.24, 2.45) is 0 Å². The molecule has 0 amide bonds. The van der Waals surface area contributed by atoms with Gasteiger partial charge in [-0.25, -0.2) is 0 Å². The Bertz CT molecular complexity index is 353. The first-order valence-corrected chi connectivity index (χ1v) is 5.84. The van der Waals surface area contributed by atoms with Gasteiger partial charge in [0.25, 0.3) is 0 Å². The van der Waals surface area contributed by atoms with Gasteiger partial charge in [0.2, 0.25) is 0 Å². The highest BCUT2D eigenvalue weighted by Crippen LogP contribution is 2.20. The van der Waals surface area contributed by atoms with Crippen molar-refractivity contribution in [3.63, 3.8) is 0 Å². The fourth-order valence-electron chi connectivity index (χ4n) is 1.57. The number of rotatable bonds is 6. The van der Waals surface area contributed by atoms with Gasteiger partial charge in [-0.05, 0) is 24.7 Å². The van der Waals surface area contributed by atoms with E-state index in [2.05, 4.69) is 5.32 Å². The molecule has 1 atom stereocenters. The molecular weight excluding hydrogens is 267 g/mol. The van der Waals surface area contributed by atoms with Gasteiger partial charge in [-0.1, -0.05) is 23.7 Å². The van der Waals surface area contributed by atoms with Crippen LogP contribution in [0.25, 0.3) is 0 Å². The number of likely N-dealkylation sites (N-methyl/N-ethyl adjacent to an activating group) is 1. The SMILES string of the molecule is CNCC(COCC(F)(F)F)c1ccc(Cl)cc1. The standard InChI is InChI=1S/C12H15ClF3NO/c1-17-6-10(7-18-8-12(14,15)16)9-2-4-11(13)5-3-9/h2-5,10,17H,6-8H2,1H3. The monoisotopic (exact) mass is 281 g/mol. The van der Waals surface area contributed by atoms with Gasteiger partial charge in [0.15, 0.2) is 0 Å². The van der Waals surface area contributed by atoms with Gasteiger partial charge >= 0.3 is 6.18 Å². The lowest BCUT2D eigenvalue weighted by Crippen LogP contribution is -2.24. The minimum atomic E-state index is -4.29. The van der Waals surface area contributed by atoms with Gasteiger partial charge in [-0.2, -0.15) is 13.2 Å². The third-order valence-electron chi connectivity index (χ3n) is 2.38. The zero-order chi connectivity index (χ0) is 13.6. The van der Waals surface area contributed by atoms with Gasteiger partial charge in [-0.3, -0.25) is 0 Å². The van der Waals surface area contributed by atoms with E-state index in [0.717, 1.165) is 5.56 Å². The molecule has 2 nitrogen and oxygen atoms in total. The smallest absolute Gasteiger partial charge is 0.371 e. The predicted octanol–water partition coefficient (Wildman–Crippen LogP) is 3.22. The molecule has 0 aliphatic carbocycles. The fourth-order valence-corrected chi connectivity index (χ4v) is 1.70. The van der Waals surface area contributed by atoms with Crippen molar-refractivity contribution in [3.8, 4) is 0 Å². The Balaban J connectivity index is 2.57. The molecule has 0 fully saturated rings. The average molecular weight is 282 g/mol. The van der Waals surface area contributed by atoms with E-state index in [9.17, 15) is 13.2 Å². The van der Waals surface area contributed by atoms with E-state index in [-0.39, 0.29) is 12.5 Å². The first-order valence-electron chi connectivity index (χ1n) is 5.47. The highest BCUT2D eigenvalue weighted by Gasteiger charge is 2.28. The maximum atomic E-state index is 12.0. The molecule has 6 heteroatoms. The summed E-state index contributed by atoms with van der Waals surface area (Å²) in [6, 6.07) is 7.01. The van der Waals surface area contributed by atoms with Crippen molar-refractivity contribution in [3.05, 3.63) is 34.9 Å². The number of alkyl halides is 3. The van der Waals surface area contributed by atoms with Crippen LogP contribution in [0.2, 0.25) is 5.02 Å². The number of benzene rings is 1. The normalized spacial score (nSPS) is 13.6. The summed E-state index contributed by atoms with van der Waals surface area (Å²) in [6.07, 6.45) is -4.29. The Morgan fingerprint density at radius 3 is 2.39 bits per heavy atom. The van der Waals surface area contributed by atoms with E-state index in [4.69, 9.17) is 16.3 Å². The van der Waals surface area contributed by atoms with Crippen molar-refractivity contribution in [1.29, 1.82) is 0 Å². The Morgan fingerprint density at radius 1 is 1.28 bits per heavy atom. The van der Waals surface area contributed by atoms with E-state index in [1.807, 2.05) is 0 Å². The molecule has 1 unspecified atom stereocenters. The van der Waals surface area contributed by atoms with Gasteiger partial charge in [0.05, 0.1) is 6.61 Å². The van der Waals surface area contributed by atoms with Gasteiger partial charge in [0, 0.05) is 17.5 Å². The molecule has 0 saturated heterocycles. The van der Waals surface area contributed by atoms with Gasteiger partial charge in [0.1, 0.15) is 6.61 Å². The van der Waals surface area contributed by atoms with Crippen molar-refractivity contribution >= 4 is 11.6 Å². The van der Waals surface area contributed by atoms with Crippen molar-refractivity contribution in [2.45, 2.75) is 12.1 Å². The zero-order valence-corrected chi connectivity index (χ0v) is 10.7. The van der Waals surface area contributed by atoms with E-state index in [1.165, 1.54) is 0 Å². The van der Waals surface area contributed by atoms with Crippen LogP contribution >= 0.6 is 11.6 Å². The zero-order valence-electron chi connectivity index (χ0n) is 9.93. The molecule has 0 bridgehead atoms. The molecule has 0 aliphatic heterocycles. The molecule has 0 spiro atoms. The Hall–Kier alpha value is -0.780. The summed E-state index contributed by atoms with van der Waals surface area (Å²) in [5.41, 5.74) is 0.899. The van der Waals surface area contributed by atoms with Crippen LogP contribution in [0.1, 0.15) is 11.5 Å². The van der Waals surface area contributed by atoms with Crippen LogP contribution in [0.15, 0.2) is 24.3 Å². The molecular formula is C12H15ClF3NO. The summed E-state index contributed by atoms with van der Waals surface area (Å²) in [4.78, 5) is 0. The van der Waals surface area contributed by atoms with Crippen LogP contribution in [0.3, 0.4) is 0 Å². The van der Waals surface area contributed by atoms with Gasteiger partial charge in [-0.15, -0.1) is 0 Å². The summed E-state index contributed by atoms with van der Waals surface area (Å²) in [7, 11) is 1.74. The average Bonchev–Trinajstić information content (AvgIpc) is 2.27. The van der Waals surface area contributed by atoms with Crippen LogP contribution in [-0.4, -0.2) is 33.0 Å². The van der Waals surface area contributed by atoms with Crippen LogP contribution < -0.4 is 5.32 Å². The van der Waals surface area contributed by atoms with E-state index in [1.54, 1.807) is 31.3 Å². The number of hydrogen-bond donors (Lipinski definition) is 1. The van der Waals surface area contributed by atoms with Crippen LogP contribution in [0, 0.1) is 0 Å². The van der Waals surface area contributed by atoms with E-state index in [0.29, 0.717) is 11.6 Å². The third kappa shape index (κ3) is 5.71. The fraction of sp³-hybridized carbons (Fsp3) is 0.500. The van der Waals surface area contributed by atoms with Gasteiger partial charge < -0.3 is 10.1 Å². The largest absolute Gasteiger partial charge is 0.411 e. The highest BCUT2D eigenvalue weighted by molar-refractivity contribution is 6.30. The van der Waals surface area contributed by atoms with Crippen LogP contribution in [-0.2, 0) is 4.74 Å². The highest BCUT2D eigenvalue weighted by atomic mass is 35.5.